The molecule has 0 atom stereocenters. The van der Waals surface area contributed by atoms with E-state index in [2.05, 4.69) is 5.32 Å². The number of aryl methyl sites for hydroxylation is 2. The van der Waals surface area contributed by atoms with E-state index in [1.807, 2.05) is 50.2 Å². The van der Waals surface area contributed by atoms with Gasteiger partial charge in [0.05, 0.1) is 11.4 Å². The highest BCUT2D eigenvalue weighted by atomic mass is 32.2. The van der Waals surface area contributed by atoms with Crippen LogP contribution in [0, 0.1) is 13.8 Å². The summed E-state index contributed by atoms with van der Waals surface area (Å²) < 4.78 is 0. The number of rotatable bonds is 1. The molecule has 2 aromatic carbocycles. The third kappa shape index (κ3) is 2.60. The average Bonchev–Trinajstić information content (AvgIpc) is 2.51. The summed E-state index contributed by atoms with van der Waals surface area (Å²) in [6, 6.07) is 12.9. The highest BCUT2D eigenvalue weighted by molar-refractivity contribution is 8.00. The van der Waals surface area contributed by atoms with Crippen LogP contribution in [-0.4, -0.2) is 17.7 Å². The average molecular weight is 312 g/mol. The summed E-state index contributed by atoms with van der Waals surface area (Å²) in [4.78, 5) is 27.0. The van der Waals surface area contributed by atoms with E-state index in [-0.39, 0.29) is 11.7 Å². The Labute approximate surface area is 133 Å². The second kappa shape index (κ2) is 5.85. The van der Waals surface area contributed by atoms with Crippen LogP contribution in [0.2, 0.25) is 0 Å². The number of urea groups is 1. The Balaban J connectivity index is 1.94. The first-order chi connectivity index (χ1) is 10.6. The van der Waals surface area contributed by atoms with Crippen molar-refractivity contribution in [3.8, 4) is 0 Å². The molecule has 22 heavy (non-hydrogen) atoms. The lowest BCUT2D eigenvalue weighted by atomic mass is 10.1. The van der Waals surface area contributed by atoms with Gasteiger partial charge in [-0.2, -0.15) is 0 Å². The first kappa shape index (κ1) is 14.7. The Hall–Kier alpha value is -2.27. The van der Waals surface area contributed by atoms with Gasteiger partial charge in [0.1, 0.15) is 0 Å². The van der Waals surface area contributed by atoms with Gasteiger partial charge < -0.3 is 5.32 Å². The van der Waals surface area contributed by atoms with Crippen molar-refractivity contribution < 1.29 is 9.59 Å². The third-order valence-corrected chi connectivity index (χ3v) is 4.67. The number of imide groups is 1. The molecule has 3 rings (SSSR count). The Morgan fingerprint density at radius 2 is 1.77 bits per heavy atom. The van der Waals surface area contributed by atoms with Gasteiger partial charge >= 0.3 is 6.03 Å². The molecule has 1 aliphatic heterocycles. The number of fused-ring (bicyclic) bond motifs is 1. The fourth-order valence-electron chi connectivity index (χ4n) is 2.50. The monoisotopic (exact) mass is 312 g/mol. The molecule has 3 amide bonds. The standard InChI is InChI=1S/C17H16N2O2S/c1-11-6-5-7-12(2)16(11)18-17(21)19-13-8-3-4-9-14(13)22-10-15(19)20/h3-9H,10H2,1-2H3,(H,18,21). The highest BCUT2D eigenvalue weighted by Crippen LogP contribution is 2.35. The summed E-state index contributed by atoms with van der Waals surface area (Å²) in [5.41, 5.74) is 3.35. The molecule has 0 aromatic heterocycles. The largest absolute Gasteiger partial charge is 0.333 e. The van der Waals surface area contributed by atoms with Crippen LogP contribution in [-0.2, 0) is 4.79 Å². The van der Waals surface area contributed by atoms with Gasteiger partial charge in [0.2, 0.25) is 5.91 Å². The van der Waals surface area contributed by atoms with Crippen LogP contribution in [0.25, 0.3) is 0 Å². The van der Waals surface area contributed by atoms with E-state index in [0.717, 1.165) is 21.7 Å². The molecule has 112 valence electrons. The fraction of sp³-hybridized carbons (Fsp3) is 0.176. The van der Waals surface area contributed by atoms with Crippen LogP contribution >= 0.6 is 11.8 Å². The van der Waals surface area contributed by atoms with Crippen molar-refractivity contribution in [2.24, 2.45) is 0 Å². The minimum absolute atomic E-state index is 0.201. The molecule has 0 saturated carbocycles. The smallest absolute Gasteiger partial charge is 0.307 e. The van der Waals surface area contributed by atoms with Crippen molar-refractivity contribution in [3.63, 3.8) is 0 Å². The predicted octanol–water partition coefficient (Wildman–Crippen LogP) is 3.97. The van der Waals surface area contributed by atoms with Gasteiger partial charge in [-0.25, -0.2) is 9.69 Å². The number of nitrogens with zero attached hydrogens (tertiary/aromatic N) is 1. The molecule has 1 heterocycles. The maximum atomic E-state index is 12.6. The van der Waals surface area contributed by atoms with E-state index < -0.39 is 6.03 Å². The maximum absolute atomic E-state index is 12.6. The number of thioether (sulfide) groups is 1. The normalized spacial score (nSPS) is 13.7. The topological polar surface area (TPSA) is 49.4 Å². The quantitative estimate of drug-likeness (QED) is 0.866. The minimum Gasteiger partial charge on any atom is -0.307 e. The van der Waals surface area contributed by atoms with Crippen molar-refractivity contribution in [1.29, 1.82) is 0 Å². The van der Waals surface area contributed by atoms with Gasteiger partial charge in [0.25, 0.3) is 0 Å². The van der Waals surface area contributed by atoms with Crippen LogP contribution in [0.5, 0.6) is 0 Å². The van der Waals surface area contributed by atoms with Gasteiger partial charge in [0.15, 0.2) is 0 Å². The first-order valence-electron chi connectivity index (χ1n) is 7.00. The molecule has 0 unspecified atom stereocenters. The summed E-state index contributed by atoms with van der Waals surface area (Å²) in [5.74, 6) is 0.0735. The van der Waals surface area contributed by atoms with Gasteiger partial charge in [0, 0.05) is 10.6 Å². The van der Waals surface area contributed by atoms with Crippen molar-refractivity contribution >= 4 is 35.1 Å². The fourth-order valence-corrected chi connectivity index (χ4v) is 3.39. The van der Waals surface area contributed by atoms with E-state index in [0.29, 0.717) is 5.69 Å². The number of para-hydroxylation sites is 2. The van der Waals surface area contributed by atoms with Crippen LogP contribution in [0.4, 0.5) is 16.2 Å². The first-order valence-corrected chi connectivity index (χ1v) is 7.98. The number of hydrogen-bond donors (Lipinski definition) is 1. The van der Waals surface area contributed by atoms with E-state index in [4.69, 9.17) is 0 Å². The number of hydrogen-bond acceptors (Lipinski definition) is 3. The SMILES string of the molecule is Cc1cccc(C)c1NC(=O)N1C(=O)CSc2ccccc21. The van der Waals surface area contributed by atoms with Crippen molar-refractivity contribution in [1.82, 2.24) is 0 Å². The molecule has 4 nitrogen and oxygen atoms in total. The molecule has 1 N–H and O–H groups in total. The zero-order chi connectivity index (χ0) is 15.7. The molecule has 1 aliphatic rings. The summed E-state index contributed by atoms with van der Waals surface area (Å²) in [6.07, 6.45) is 0. The van der Waals surface area contributed by atoms with E-state index in [1.165, 1.54) is 16.7 Å². The molecule has 0 spiro atoms. The molecular weight excluding hydrogens is 296 g/mol. The van der Waals surface area contributed by atoms with Gasteiger partial charge in [-0.05, 0) is 37.1 Å². The minimum atomic E-state index is -0.407. The summed E-state index contributed by atoms with van der Waals surface area (Å²) in [6.45, 7) is 3.87. The second-order valence-corrected chi connectivity index (χ2v) is 6.20. The molecule has 5 heteroatoms. The van der Waals surface area contributed by atoms with Gasteiger partial charge in [-0.15, -0.1) is 11.8 Å². The Bertz CT molecular complexity index is 738. The van der Waals surface area contributed by atoms with Gasteiger partial charge in [-0.3, -0.25) is 4.79 Å². The van der Waals surface area contributed by atoms with E-state index >= 15 is 0 Å². The predicted molar refractivity (Wildman–Crippen MR) is 89.6 cm³/mol. The number of benzene rings is 2. The lowest BCUT2D eigenvalue weighted by Gasteiger charge is -2.27. The zero-order valence-electron chi connectivity index (χ0n) is 12.4. The number of carbonyl (C=O) groups is 2. The summed E-state index contributed by atoms with van der Waals surface area (Å²) >= 11 is 1.46. The summed E-state index contributed by atoms with van der Waals surface area (Å²) in [5, 5.41) is 2.88. The van der Waals surface area contributed by atoms with Crippen LogP contribution in [0.3, 0.4) is 0 Å². The molecule has 2 aromatic rings. The van der Waals surface area contributed by atoms with Crippen LogP contribution < -0.4 is 10.2 Å². The molecule has 0 fully saturated rings. The lowest BCUT2D eigenvalue weighted by Crippen LogP contribution is -2.43. The molecular formula is C17H16N2O2S. The van der Waals surface area contributed by atoms with E-state index in [1.54, 1.807) is 6.07 Å². The van der Waals surface area contributed by atoms with Crippen LogP contribution in [0.1, 0.15) is 11.1 Å². The zero-order valence-corrected chi connectivity index (χ0v) is 13.2. The highest BCUT2D eigenvalue weighted by Gasteiger charge is 2.30. The Kier molecular flexibility index (Phi) is 3.90. The Morgan fingerprint density at radius 3 is 2.50 bits per heavy atom. The number of carbonyl (C=O) groups excluding carboxylic acids is 2. The Morgan fingerprint density at radius 1 is 1.09 bits per heavy atom. The number of nitrogens with one attached hydrogen (secondary N) is 1. The molecule has 0 aliphatic carbocycles. The molecule has 0 saturated heterocycles. The number of anilines is 2. The van der Waals surface area contributed by atoms with Crippen LogP contribution in [0.15, 0.2) is 47.4 Å². The molecule has 0 radical (unpaired) electrons. The van der Waals surface area contributed by atoms with Crippen molar-refractivity contribution in [3.05, 3.63) is 53.6 Å². The van der Waals surface area contributed by atoms with Crippen molar-refractivity contribution in [2.75, 3.05) is 16.0 Å². The van der Waals surface area contributed by atoms with Crippen molar-refractivity contribution in [2.45, 2.75) is 18.7 Å². The lowest BCUT2D eigenvalue weighted by molar-refractivity contribution is -0.115. The summed E-state index contributed by atoms with van der Waals surface area (Å²) in [7, 11) is 0. The maximum Gasteiger partial charge on any atom is 0.333 e. The number of amides is 3. The third-order valence-electron chi connectivity index (χ3n) is 3.62. The van der Waals surface area contributed by atoms with E-state index in [9.17, 15) is 9.59 Å². The molecule has 0 bridgehead atoms. The van der Waals surface area contributed by atoms with Gasteiger partial charge in [-0.1, -0.05) is 30.3 Å². The second-order valence-electron chi connectivity index (χ2n) is 5.18.